The zero-order valence-corrected chi connectivity index (χ0v) is 7.32. The zero-order valence-electron chi connectivity index (χ0n) is 7.32. The van der Waals surface area contributed by atoms with E-state index in [0.717, 1.165) is 0 Å². The van der Waals surface area contributed by atoms with Crippen LogP contribution in [-0.4, -0.2) is 29.6 Å². The van der Waals surface area contributed by atoms with Crippen molar-refractivity contribution in [3.8, 4) is 0 Å². The van der Waals surface area contributed by atoms with Gasteiger partial charge in [0, 0.05) is 13.0 Å². The summed E-state index contributed by atoms with van der Waals surface area (Å²) >= 11 is 0. The number of carboxylic acid groups (broad SMARTS) is 1. The summed E-state index contributed by atoms with van der Waals surface area (Å²) in [6.07, 6.45) is 1.72. The van der Waals surface area contributed by atoms with Crippen LogP contribution in [0.3, 0.4) is 0 Å². The van der Waals surface area contributed by atoms with Crippen LogP contribution in [0.4, 0.5) is 0 Å². The van der Waals surface area contributed by atoms with Gasteiger partial charge in [-0.1, -0.05) is 6.08 Å². The number of aliphatic carboxylic acids is 1. The molecule has 0 heterocycles. The standard InChI is InChI=1S/C8H14N2O3/c1-2-5-10-6(8(9)13)3-4-7(11)12/h2,6,10H,1,3-5H2,(H2,9,13)(H,11,12). The van der Waals surface area contributed by atoms with Crippen molar-refractivity contribution in [2.75, 3.05) is 6.54 Å². The predicted molar refractivity (Wildman–Crippen MR) is 48.1 cm³/mol. The number of primary amides is 1. The number of nitrogens with one attached hydrogen (secondary N) is 1. The number of carbonyl (C=O) groups is 2. The Morgan fingerprint density at radius 3 is 2.62 bits per heavy atom. The molecule has 0 rings (SSSR count). The number of carbonyl (C=O) groups excluding carboxylic acids is 1. The third-order valence-electron chi connectivity index (χ3n) is 1.50. The smallest absolute Gasteiger partial charge is 0.303 e. The van der Waals surface area contributed by atoms with Crippen LogP contribution in [0.15, 0.2) is 12.7 Å². The fraction of sp³-hybridized carbons (Fsp3) is 0.500. The van der Waals surface area contributed by atoms with Crippen molar-refractivity contribution in [3.05, 3.63) is 12.7 Å². The number of hydrogen-bond acceptors (Lipinski definition) is 3. The minimum Gasteiger partial charge on any atom is -0.481 e. The monoisotopic (exact) mass is 186 g/mol. The molecule has 0 saturated heterocycles. The van der Waals surface area contributed by atoms with E-state index in [1.165, 1.54) is 0 Å². The first kappa shape index (κ1) is 11.6. The van der Waals surface area contributed by atoms with Gasteiger partial charge >= 0.3 is 5.97 Å². The number of carboxylic acids is 1. The molecule has 0 fully saturated rings. The minimum absolute atomic E-state index is 0.0717. The molecule has 0 saturated carbocycles. The van der Waals surface area contributed by atoms with Crippen LogP contribution in [0.1, 0.15) is 12.8 Å². The molecule has 0 radical (unpaired) electrons. The van der Waals surface area contributed by atoms with Crippen molar-refractivity contribution >= 4 is 11.9 Å². The lowest BCUT2D eigenvalue weighted by Gasteiger charge is -2.12. The Morgan fingerprint density at radius 1 is 1.62 bits per heavy atom. The third-order valence-corrected chi connectivity index (χ3v) is 1.50. The number of rotatable bonds is 7. The highest BCUT2D eigenvalue weighted by Gasteiger charge is 2.14. The average Bonchev–Trinajstić information content (AvgIpc) is 2.03. The maximum absolute atomic E-state index is 10.8. The van der Waals surface area contributed by atoms with Gasteiger partial charge in [0.05, 0.1) is 6.04 Å². The summed E-state index contributed by atoms with van der Waals surface area (Å²) in [6, 6.07) is -0.589. The van der Waals surface area contributed by atoms with Crippen molar-refractivity contribution in [1.82, 2.24) is 5.32 Å². The van der Waals surface area contributed by atoms with E-state index in [0.29, 0.717) is 6.54 Å². The van der Waals surface area contributed by atoms with E-state index in [1.807, 2.05) is 0 Å². The molecule has 5 heteroatoms. The Kier molecular flexibility index (Phi) is 5.54. The molecule has 0 spiro atoms. The quantitative estimate of drug-likeness (QED) is 0.466. The molecule has 0 aromatic carbocycles. The van der Waals surface area contributed by atoms with Gasteiger partial charge in [0.1, 0.15) is 0 Å². The Morgan fingerprint density at radius 2 is 2.23 bits per heavy atom. The predicted octanol–water partition coefficient (Wildman–Crippen LogP) is -0.519. The fourth-order valence-corrected chi connectivity index (χ4v) is 0.838. The van der Waals surface area contributed by atoms with Crippen molar-refractivity contribution in [2.24, 2.45) is 5.73 Å². The second-order valence-electron chi connectivity index (χ2n) is 2.58. The fourth-order valence-electron chi connectivity index (χ4n) is 0.838. The molecule has 13 heavy (non-hydrogen) atoms. The molecule has 4 N–H and O–H groups in total. The van der Waals surface area contributed by atoms with Gasteiger partial charge in [0.2, 0.25) is 5.91 Å². The summed E-state index contributed by atoms with van der Waals surface area (Å²) in [5.74, 6) is -1.48. The Bertz CT molecular complexity index is 204. The van der Waals surface area contributed by atoms with E-state index >= 15 is 0 Å². The maximum atomic E-state index is 10.8. The molecule has 5 nitrogen and oxygen atoms in total. The summed E-state index contributed by atoms with van der Waals surface area (Å²) in [7, 11) is 0. The normalized spacial score (nSPS) is 12.0. The van der Waals surface area contributed by atoms with E-state index < -0.39 is 17.9 Å². The van der Waals surface area contributed by atoms with E-state index in [1.54, 1.807) is 6.08 Å². The first-order valence-electron chi connectivity index (χ1n) is 3.93. The van der Waals surface area contributed by atoms with Crippen molar-refractivity contribution in [2.45, 2.75) is 18.9 Å². The first-order valence-corrected chi connectivity index (χ1v) is 3.93. The molecular formula is C8H14N2O3. The average molecular weight is 186 g/mol. The van der Waals surface area contributed by atoms with Crippen LogP contribution in [0.2, 0.25) is 0 Å². The second-order valence-corrected chi connectivity index (χ2v) is 2.58. The maximum Gasteiger partial charge on any atom is 0.303 e. The first-order chi connectivity index (χ1) is 6.07. The molecule has 1 atom stereocenters. The molecule has 0 aliphatic heterocycles. The molecule has 0 aromatic rings. The molecule has 1 unspecified atom stereocenters. The van der Waals surface area contributed by atoms with E-state index in [4.69, 9.17) is 10.8 Å². The summed E-state index contributed by atoms with van der Waals surface area (Å²) < 4.78 is 0. The van der Waals surface area contributed by atoms with Crippen molar-refractivity contribution < 1.29 is 14.7 Å². The number of hydrogen-bond donors (Lipinski definition) is 3. The molecule has 0 aromatic heterocycles. The van der Waals surface area contributed by atoms with Gasteiger partial charge in [-0.15, -0.1) is 6.58 Å². The highest BCUT2D eigenvalue weighted by atomic mass is 16.4. The molecule has 0 aliphatic carbocycles. The number of nitrogens with two attached hydrogens (primary N) is 1. The van der Waals surface area contributed by atoms with Crippen LogP contribution >= 0.6 is 0 Å². The summed E-state index contributed by atoms with van der Waals surface area (Å²) in [5, 5.41) is 11.1. The van der Waals surface area contributed by atoms with Crippen LogP contribution in [-0.2, 0) is 9.59 Å². The van der Waals surface area contributed by atoms with Gasteiger partial charge in [0.25, 0.3) is 0 Å². The highest BCUT2D eigenvalue weighted by molar-refractivity contribution is 5.80. The lowest BCUT2D eigenvalue weighted by molar-refractivity contribution is -0.137. The minimum atomic E-state index is -0.938. The lowest BCUT2D eigenvalue weighted by Crippen LogP contribution is -2.41. The van der Waals surface area contributed by atoms with Crippen LogP contribution in [0.5, 0.6) is 0 Å². The van der Waals surface area contributed by atoms with Crippen LogP contribution in [0, 0.1) is 0 Å². The third kappa shape index (κ3) is 5.86. The Hall–Kier alpha value is -1.36. The van der Waals surface area contributed by atoms with Crippen molar-refractivity contribution in [1.29, 1.82) is 0 Å². The van der Waals surface area contributed by atoms with Gasteiger partial charge in [-0.2, -0.15) is 0 Å². The van der Waals surface area contributed by atoms with Gasteiger partial charge < -0.3 is 16.2 Å². The molecular weight excluding hydrogens is 172 g/mol. The van der Waals surface area contributed by atoms with Crippen LogP contribution < -0.4 is 11.1 Å². The SMILES string of the molecule is C=CCNC(CCC(=O)O)C(N)=O. The number of amides is 1. The summed E-state index contributed by atoms with van der Waals surface area (Å²) in [4.78, 5) is 21.0. The van der Waals surface area contributed by atoms with Gasteiger partial charge in [-0.25, -0.2) is 0 Å². The largest absolute Gasteiger partial charge is 0.481 e. The van der Waals surface area contributed by atoms with Gasteiger partial charge in [0.15, 0.2) is 0 Å². The highest BCUT2D eigenvalue weighted by Crippen LogP contribution is 1.96. The zero-order chi connectivity index (χ0) is 10.3. The van der Waals surface area contributed by atoms with Gasteiger partial charge in [-0.3, -0.25) is 9.59 Å². The molecule has 0 aliphatic rings. The van der Waals surface area contributed by atoms with E-state index in [2.05, 4.69) is 11.9 Å². The Balaban J connectivity index is 3.87. The Labute approximate surface area is 76.6 Å². The second kappa shape index (κ2) is 6.19. The lowest BCUT2D eigenvalue weighted by atomic mass is 10.1. The molecule has 0 bridgehead atoms. The molecule has 1 amide bonds. The topological polar surface area (TPSA) is 92.4 Å². The van der Waals surface area contributed by atoms with Gasteiger partial charge in [-0.05, 0) is 6.42 Å². The summed E-state index contributed by atoms with van der Waals surface area (Å²) in [5.41, 5.74) is 5.04. The molecule has 74 valence electrons. The van der Waals surface area contributed by atoms with Crippen molar-refractivity contribution in [3.63, 3.8) is 0 Å². The van der Waals surface area contributed by atoms with E-state index in [9.17, 15) is 9.59 Å². The van der Waals surface area contributed by atoms with Crippen LogP contribution in [0.25, 0.3) is 0 Å². The van der Waals surface area contributed by atoms with E-state index in [-0.39, 0.29) is 12.8 Å². The summed E-state index contributed by atoms with van der Waals surface area (Å²) in [6.45, 7) is 3.89.